The average Bonchev–Trinajstić information content (AvgIpc) is 2.45. The molecule has 1 rings (SSSR count). The summed E-state index contributed by atoms with van der Waals surface area (Å²) in [5.41, 5.74) is 0.439. The molecule has 0 heterocycles. The Morgan fingerprint density at radius 2 is 2.00 bits per heavy atom. The van der Waals surface area contributed by atoms with Crippen LogP contribution in [-0.4, -0.2) is 36.0 Å². The van der Waals surface area contributed by atoms with Gasteiger partial charge in [0.15, 0.2) is 0 Å². The molecule has 0 spiro atoms. The van der Waals surface area contributed by atoms with Crippen LogP contribution in [0.3, 0.4) is 0 Å². The fraction of sp³-hybridized carbons (Fsp3) is 0.357. The Bertz CT molecular complexity index is 533. The van der Waals surface area contributed by atoms with Gasteiger partial charge in [-0.3, -0.25) is 14.4 Å². The molecular formula is C14H17BrN2O4. The summed E-state index contributed by atoms with van der Waals surface area (Å²) in [6.07, 6.45) is 0.431. The number of benzene rings is 1. The second kappa shape index (κ2) is 8.41. The number of hydrogen-bond donors (Lipinski definition) is 3. The number of halogens is 1. The van der Waals surface area contributed by atoms with Crippen molar-refractivity contribution in [2.75, 3.05) is 13.1 Å². The molecule has 1 atom stereocenters. The summed E-state index contributed by atoms with van der Waals surface area (Å²) < 4.78 is 0.770. The number of amides is 2. The first-order valence-electron chi connectivity index (χ1n) is 6.47. The van der Waals surface area contributed by atoms with Crippen LogP contribution in [0.5, 0.6) is 0 Å². The van der Waals surface area contributed by atoms with Crippen LogP contribution in [0, 0.1) is 5.92 Å². The number of aliphatic carboxylic acids is 1. The minimum Gasteiger partial charge on any atom is -0.481 e. The van der Waals surface area contributed by atoms with Gasteiger partial charge < -0.3 is 15.7 Å². The van der Waals surface area contributed by atoms with Crippen LogP contribution in [0.1, 0.15) is 23.7 Å². The zero-order valence-corrected chi connectivity index (χ0v) is 13.1. The van der Waals surface area contributed by atoms with E-state index in [1.807, 2.05) is 0 Å². The van der Waals surface area contributed by atoms with E-state index in [2.05, 4.69) is 26.6 Å². The summed E-state index contributed by atoms with van der Waals surface area (Å²) >= 11 is 3.26. The van der Waals surface area contributed by atoms with Crippen molar-refractivity contribution in [3.63, 3.8) is 0 Å². The van der Waals surface area contributed by atoms with Gasteiger partial charge in [-0.15, -0.1) is 0 Å². The van der Waals surface area contributed by atoms with Crippen molar-refractivity contribution in [1.82, 2.24) is 10.6 Å². The summed E-state index contributed by atoms with van der Waals surface area (Å²) in [5, 5.41) is 13.8. The van der Waals surface area contributed by atoms with Gasteiger partial charge in [0, 0.05) is 16.6 Å². The van der Waals surface area contributed by atoms with Gasteiger partial charge in [0.05, 0.1) is 12.5 Å². The van der Waals surface area contributed by atoms with E-state index in [0.29, 0.717) is 12.0 Å². The predicted molar refractivity (Wildman–Crippen MR) is 80.9 cm³/mol. The molecule has 7 heteroatoms. The van der Waals surface area contributed by atoms with Crippen LogP contribution in [0.4, 0.5) is 0 Å². The lowest BCUT2D eigenvalue weighted by Crippen LogP contribution is -2.40. The van der Waals surface area contributed by atoms with E-state index < -0.39 is 17.8 Å². The van der Waals surface area contributed by atoms with Gasteiger partial charge in [-0.25, -0.2) is 0 Å². The molecule has 0 aliphatic heterocycles. The minimum absolute atomic E-state index is 0.0530. The summed E-state index contributed by atoms with van der Waals surface area (Å²) in [4.78, 5) is 34.2. The molecular weight excluding hydrogens is 340 g/mol. The maximum absolute atomic E-state index is 11.8. The number of carboxylic acids is 1. The number of hydrogen-bond acceptors (Lipinski definition) is 3. The van der Waals surface area contributed by atoms with Gasteiger partial charge >= 0.3 is 5.97 Å². The monoisotopic (exact) mass is 356 g/mol. The van der Waals surface area contributed by atoms with E-state index in [-0.39, 0.29) is 19.0 Å². The third-order valence-corrected chi connectivity index (χ3v) is 3.38. The Labute approximate surface area is 131 Å². The Hall–Kier alpha value is -1.89. The van der Waals surface area contributed by atoms with Crippen molar-refractivity contribution in [2.45, 2.75) is 13.3 Å². The van der Waals surface area contributed by atoms with Crippen LogP contribution in [-0.2, 0) is 9.59 Å². The van der Waals surface area contributed by atoms with Crippen molar-refractivity contribution in [3.8, 4) is 0 Å². The number of carboxylic acid groups (broad SMARTS) is 1. The van der Waals surface area contributed by atoms with Crippen molar-refractivity contribution < 1.29 is 19.5 Å². The zero-order valence-electron chi connectivity index (χ0n) is 11.6. The number of carbonyl (C=O) groups excluding carboxylic acids is 2. The number of carbonyl (C=O) groups is 3. The highest BCUT2D eigenvalue weighted by Gasteiger charge is 2.16. The van der Waals surface area contributed by atoms with Gasteiger partial charge in [-0.1, -0.05) is 28.9 Å². The molecule has 0 aliphatic rings. The van der Waals surface area contributed by atoms with E-state index in [1.165, 1.54) is 0 Å². The van der Waals surface area contributed by atoms with Crippen molar-refractivity contribution in [1.29, 1.82) is 0 Å². The fourth-order valence-corrected chi connectivity index (χ4v) is 2.00. The molecule has 0 saturated carbocycles. The summed E-state index contributed by atoms with van der Waals surface area (Å²) in [7, 11) is 0. The van der Waals surface area contributed by atoms with Gasteiger partial charge in [-0.05, 0) is 24.6 Å². The lowest BCUT2D eigenvalue weighted by atomic mass is 10.1. The third-order valence-electron chi connectivity index (χ3n) is 2.88. The Kier molecular flexibility index (Phi) is 6.87. The Morgan fingerprint density at radius 1 is 1.29 bits per heavy atom. The normalized spacial score (nSPS) is 11.5. The third kappa shape index (κ3) is 5.95. The van der Waals surface area contributed by atoms with E-state index in [4.69, 9.17) is 5.11 Å². The molecule has 3 N–H and O–H groups in total. The Balaban J connectivity index is 2.39. The molecule has 6 nitrogen and oxygen atoms in total. The maximum Gasteiger partial charge on any atom is 0.308 e. The lowest BCUT2D eigenvalue weighted by molar-refractivity contribution is -0.141. The first kappa shape index (κ1) is 17.2. The van der Waals surface area contributed by atoms with E-state index in [9.17, 15) is 14.4 Å². The fourth-order valence-electron chi connectivity index (χ4n) is 1.60. The van der Waals surface area contributed by atoms with Gasteiger partial charge in [0.25, 0.3) is 5.91 Å². The van der Waals surface area contributed by atoms with Crippen molar-refractivity contribution >= 4 is 33.7 Å². The van der Waals surface area contributed by atoms with Gasteiger partial charge in [0.1, 0.15) is 0 Å². The first-order chi connectivity index (χ1) is 9.93. The van der Waals surface area contributed by atoms with Crippen molar-refractivity contribution in [2.24, 2.45) is 5.92 Å². The SMILES string of the molecule is CCC(CNC(=O)CNC(=O)c1cccc(Br)c1)C(=O)O. The molecule has 1 aromatic carbocycles. The maximum atomic E-state index is 11.8. The second-order valence-corrected chi connectivity index (χ2v) is 5.36. The quantitative estimate of drug-likeness (QED) is 0.688. The molecule has 114 valence electrons. The van der Waals surface area contributed by atoms with Crippen LogP contribution in [0.2, 0.25) is 0 Å². The highest BCUT2D eigenvalue weighted by molar-refractivity contribution is 9.10. The zero-order chi connectivity index (χ0) is 15.8. The standard InChI is InChI=1S/C14H17BrN2O4/c1-2-9(14(20)21)7-16-12(18)8-17-13(19)10-4-3-5-11(15)6-10/h3-6,9H,2,7-8H2,1H3,(H,16,18)(H,17,19)(H,20,21). The van der Waals surface area contributed by atoms with Crippen LogP contribution in [0.15, 0.2) is 28.7 Å². The predicted octanol–water partition coefficient (Wildman–Crippen LogP) is 1.41. The molecule has 2 amide bonds. The van der Waals surface area contributed by atoms with E-state index in [1.54, 1.807) is 31.2 Å². The van der Waals surface area contributed by atoms with E-state index >= 15 is 0 Å². The average molecular weight is 357 g/mol. The van der Waals surface area contributed by atoms with Crippen LogP contribution >= 0.6 is 15.9 Å². The minimum atomic E-state index is -0.948. The second-order valence-electron chi connectivity index (χ2n) is 4.44. The Morgan fingerprint density at radius 3 is 2.57 bits per heavy atom. The molecule has 0 aliphatic carbocycles. The number of nitrogens with one attached hydrogen (secondary N) is 2. The van der Waals surface area contributed by atoms with Crippen molar-refractivity contribution in [3.05, 3.63) is 34.3 Å². The summed E-state index contributed by atoms with van der Waals surface area (Å²) in [6.45, 7) is 1.60. The van der Waals surface area contributed by atoms with Gasteiger partial charge in [-0.2, -0.15) is 0 Å². The van der Waals surface area contributed by atoms with Crippen LogP contribution < -0.4 is 10.6 Å². The first-order valence-corrected chi connectivity index (χ1v) is 7.26. The molecule has 1 unspecified atom stereocenters. The lowest BCUT2D eigenvalue weighted by Gasteiger charge is -2.11. The van der Waals surface area contributed by atoms with Crippen LogP contribution in [0.25, 0.3) is 0 Å². The molecule has 1 aromatic rings. The smallest absolute Gasteiger partial charge is 0.308 e. The molecule has 0 fully saturated rings. The molecule has 0 saturated heterocycles. The largest absolute Gasteiger partial charge is 0.481 e. The number of rotatable bonds is 7. The topological polar surface area (TPSA) is 95.5 Å². The van der Waals surface area contributed by atoms with Gasteiger partial charge in [0.2, 0.25) is 5.91 Å². The summed E-state index contributed by atoms with van der Waals surface area (Å²) in [5.74, 6) is -2.35. The highest BCUT2D eigenvalue weighted by atomic mass is 79.9. The molecule has 0 radical (unpaired) electrons. The highest BCUT2D eigenvalue weighted by Crippen LogP contribution is 2.11. The van der Waals surface area contributed by atoms with E-state index in [0.717, 1.165) is 4.47 Å². The summed E-state index contributed by atoms with van der Waals surface area (Å²) in [6, 6.07) is 6.79. The molecule has 0 aromatic heterocycles. The molecule has 0 bridgehead atoms. The molecule has 21 heavy (non-hydrogen) atoms.